The summed E-state index contributed by atoms with van der Waals surface area (Å²) in [6.07, 6.45) is 1.74. The molecule has 0 amide bonds. The smallest absolute Gasteiger partial charge is 0.165 e. The SMILES string of the molecule is O=C1CC2c3c(cccc31)CCN2C1COC1. The number of rotatable bonds is 1. The number of ether oxygens (including phenoxy) is 1. The normalized spacial score (nSPS) is 28.0. The molecule has 1 fully saturated rings. The molecule has 1 atom stereocenters. The summed E-state index contributed by atoms with van der Waals surface area (Å²) in [5, 5.41) is 0. The Morgan fingerprint density at radius 1 is 1.29 bits per heavy atom. The number of ketones is 1. The Morgan fingerprint density at radius 2 is 2.18 bits per heavy atom. The van der Waals surface area contributed by atoms with Crippen LogP contribution in [-0.2, 0) is 11.2 Å². The van der Waals surface area contributed by atoms with Gasteiger partial charge in [0.1, 0.15) is 0 Å². The first kappa shape index (κ1) is 9.80. The summed E-state index contributed by atoms with van der Waals surface area (Å²) >= 11 is 0. The van der Waals surface area contributed by atoms with Crippen LogP contribution in [0.25, 0.3) is 0 Å². The van der Waals surface area contributed by atoms with E-state index in [-0.39, 0.29) is 0 Å². The Labute approximate surface area is 100 Å². The van der Waals surface area contributed by atoms with Gasteiger partial charge in [0.25, 0.3) is 0 Å². The average Bonchev–Trinajstić information content (AvgIpc) is 2.60. The molecule has 3 nitrogen and oxygen atoms in total. The minimum atomic E-state index is 0.319. The molecule has 2 aliphatic heterocycles. The van der Waals surface area contributed by atoms with Crippen molar-refractivity contribution in [2.45, 2.75) is 24.9 Å². The molecule has 1 saturated heterocycles. The first-order chi connectivity index (χ1) is 8.34. The van der Waals surface area contributed by atoms with Crippen molar-refractivity contribution in [1.82, 2.24) is 4.90 Å². The summed E-state index contributed by atoms with van der Waals surface area (Å²) < 4.78 is 5.29. The summed E-state index contributed by atoms with van der Waals surface area (Å²) in [6.45, 7) is 2.74. The van der Waals surface area contributed by atoms with Crippen LogP contribution in [0.4, 0.5) is 0 Å². The summed E-state index contributed by atoms with van der Waals surface area (Å²) in [5.74, 6) is 0.319. The number of nitrogens with zero attached hydrogens (tertiary/aromatic N) is 1. The second-order valence-electron chi connectivity index (χ2n) is 5.20. The monoisotopic (exact) mass is 229 g/mol. The largest absolute Gasteiger partial charge is 0.378 e. The number of hydrogen-bond acceptors (Lipinski definition) is 3. The number of hydrogen-bond donors (Lipinski definition) is 0. The van der Waals surface area contributed by atoms with Crippen LogP contribution in [0, 0.1) is 0 Å². The van der Waals surface area contributed by atoms with Gasteiger partial charge in [-0.25, -0.2) is 0 Å². The summed E-state index contributed by atoms with van der Waals surface area (Å²) in [7, 11) is 0. The van der Waals surface area contributed by atoms with Crippen molar-refractivity contribution >= 4 is 5.78 Å². The maximum Gasteiger partial charge on any atom is 0.165 e. The van der Waals surface area contributed by atoms with Gasteiger partial charge in [0, 0.05) is 24.6 Å². The van der Waals surface area contributed by atoms with E-state index in [1.807, 2.05) is 12.1 Å². The summed E-state index contributed by atoms with van der Waals surface area (Å²) in [4.78, 5) is 14.5. The molecule has 88 valence electrons. The van der Waals surface area contributed by atoms with Crippen molar-refractivity contribution in [2.75, 3.05) is 19.8 Å². The number of benzene rings is 1. The van der Waals surface area contributed by atoms with Crippen LogP contribution in [0.3, 0.4) is 0 Å². The van der Waals surface area contributed by atoms with Crippen molar-refractivity contribution in [3.8, 4) is 0 Å². The fourth-order valence-corrected chi connectivity index (χ4v) is 3.40. The Morgan fingerprint density at radius 3 is 2.94 bits per heavy atom. The number of carbonyl (C=O) groups excluding carboxylic acids is 1. The quantitative estimate of drug-likeness (QED) is 0.732. The molecule has 0 N–H and O–H groups in total. The third-order valence-corrected chi connectivity index (χ3v) is 4.34. The first-order valence-electron chi connectivity index (χ1n) is 6.33. The van der Waals surface area contributed by atoms with E-state index in [1.165, 1.54) is 11.1 Å². The molecule has 0 saturated carbocycles. The zero-order valence-corrected chi connectivity index (χ0v) is 9.69. The van der Waals surface area contributed by atoms with Gasteiger partial charge in [0.05, 0.1) is 19.3 Å². The highest BCUT2D eigenvalue weighted by Crippen LogP contribution is 2.42. The van der Waals surface area contributed by atoms with E-state index in [4.69, 9.17) is 4.74 Å². The minimum absolute atomic E-state index is 0.319. The highest BCUT2D eigenvalue weighted by atomic mass is 16.5. The highest BCUT2D eigenvalue weighted by Gasteiger charge is 2.42. The molecule has 3 aliphatic rings. The van der Waals surface area contributed by atoms with Gasteiger partial charge < -0.3 is 4.74 Å². The van der Waals surface area contributed by atoms with Crippen molar-refractivity contribution in [2.24, 2.45) is 0 Å². The molecule has 0 bridgehead atoms. The average molecular weight is 229 g/mol. The highest BCUT2D eigenvalue weighted by molar-refractivity contribution is 6.01. The predicted molar refractivity (Wildman–Crippen MR) is 63.1 cm³/mol. The zero-order chi connectivity index (χ0) is 11.4. The van der Waals surface area contributed by atoms with Crippen LogP contribution in [0.1, 0.15) is 33.9 Å². The van der Waals surface area contributed by atoms with Crippen molar-refractivity contribution in [1.29, 1.82) is 0 Å². The molecule has 0 radical (unpaired) electrons. The van der Waals surface area contributed by atoms with Gasteiger partial charge in [-0.15, -0.1) is 0 Å². The van der Waals surface area contributed by atoms with Crippen LogP contribution in [-0.4, -0.2) is 36.5 Å². The molecule has 0 aromatic heterocycles. The lowest BCUT2D eigenvalue weighted by Crippen LogP contribution is -2.52. The van der Waals surface area contributed by atoms with Crippen LogP contribution in [0.15, 0.2) is 18.2 Å². The second kappa shape index (κ2) is 3.40. The molecule has 4 rings (SSSR count). The third kappa shape index (κ3) is 1.27. The maximum atomic E-state index is 12.0. The topological polar surface area (TPSA) is 29.5 Å². The Bertz CT molecular complexity index is 493. The van der Waals surface area contributed by atoms with Gasteiger partial charge in [0.15, 0.2) is 5.78 Å². The molecule has 1 aliphatic carbocycles. The molecule has 17 heavy (non-hydrogen) atoms. The van der Waals surface area contributed by atoms with E-state index < -0.39 is 0 Å². The minimum Gasteiger partial charge on any atom is -0.378 e. The zero-order valence-electron chi connectivity index (χ0n) is 9.69. The Hall–Kier alpha value is -1.19. The van der Waals surface area contributed by atoms with E-state index in [9.17, 15) is 4.79 Å². The van der Waals surface area contributed by atoms with Gasteiger partial charge in [-0.2, -0.15) is 0 Å². The standard InChI is InChI=1S/C14H15NO2/c16-13-6-12-14-9(2-1-3-11(13)14)4-5-15(12)10-7-17-8-10/h1-3,10,12H,4-8H2. The van der Waals surface area contributed by atoms with E-state index in [0.29, 0.717) is 24.3 Å². The van der Waals surface area contributed by atoms with Crippen LogP contribution >= 0.6 is 0 Å². The number of carbonyl (C=O) groups is 1. The van der Waals surface area contributed by atoms with E-state index >= 15 is 0 Å². The fraction of sp³-hybridized carbons (Fsp3) is 0.500. The van der Waals surface area contributed by atoms with Gasteiger partial charge in [-0.3, -0.25) is 9.69 Å². The molecule has 2 heterocycles. The Kier molecular flexibility index (Phi) is 1.96. The maximum absolute atomic E-state index is 12.0. The van der Waals surface area contributed by atoms with Crippen molar-refractivity contribution in [3.05, 3.63) is 34.9 Å². The van der Waals surface area contributed by atoms with Gasteiger partial charge in [-0.1, -0.05) is 18.2 Å². The van der Waals surface area contributed by atoms with Crippen LogP contribution < -0.4 is 0 Å². The van der Waals surface area contributed by atoms with E-state index in [1.54, 1.807) is 0 Å². The van der Waals surface area contributed by atoms with Crippen molar-refractivity contribution in [3.63, 3.8) is 0 Å². The van der Waals surface area contributed by atoms with Gasteiger partial charge in [-0.05, 0) is 17.5 Å². The molecular weight excluding hydrogens is 214 g/mol. The van der Waals surface area contributed by atoms with E-state index in [2.05, 4.69) is 11.0 Å². The third-order valence-electron chi connectivity index (χ3n) is 4.34. The molecule has 3 heteroatoms. The summed E-state index contributed by atoms with van der Waals surface area (Å²) in [6, 6.07) is 7.06. The lowest BCUT2D eigenvalue weighted by Gasteiger charge is -2.43. The molecule has 1 aromatic rings. The molecule has 1 aromatic carbocycles. The Balaban J connectivity index is 1.79. The summed E-state index contributed by atoms with van der Waals surface area (Å²) in [5.41, 5.74) is 3.67. The van der Waals surface area contributed by atoms with Crippen molar-refractivity contribution < 1.29 is 9.53 Å². The number of Topliss-reactive ketones (excluding diaryl/α,β-unsaturated/α-hetero) is 1. The molecule has 1 unspecified atom stereocenters. The first-order valence-corrected chi connectivity index (χ1v) is 6.33. The van der Waals surface area contributed by atoms with E-state index in [0.717, 1.165) is 31.7 Å². The van der Waals surface area contributed by atoms with Gasteiger partial charge >= 0.3 is 0 Å². The van der Waals surface area contributed by atoms with Gasteiger partial charge in [0.2, 0.25) is 0 Å². The lowest BCUT2D eigenvalue weighted by molar-refractivity contribution is -0.0813. The predicted octanol–water partition coefficient (Wildman–Crippen LogP) is 1.57. The van der Waals surface area contributed by atoms with Crippen LogP contribution in [0.5, 0.6) is 0 Å². The van der Waals surface area contributed by atoms with Crippen LogP contribution in [0.2, 0.25) is 0 Å². The fourth-order valence-electron chi connectivity index (χ4n) is 3.40. The lowest BCUT2D eigenvalue weighted by atomic mass is 9.92. The molecule has 0 spiro atoms. The molecular formula is C14H15NO2. The second-order valence-corrected chi connectivity index (χ2v) is 5.20.